The van der Waals surface area contributed by atoms with Gasteiger partial charge in [-0.15, -0.1) is 0 Å². The highest BCUT2D eigenvalue weighted by Gasteiger charge is 2.60. The first-order chi connectivity index (χ1) is 49.0. The number of aliphatic hydroxyl groups excluding tert-OH is 20. The average Bonchev–Trinajstić information content (AvgIpc) is 0.779. The number of carbonyl (C=O) groups is 1. The zero-order valence-corrected chi connectivity index (χ0v) is 56.5. The van der Waals surface area contributed by atoms with Crippen molar-refractivity contribution in [2.24, 2.45) is 0 Å². The lowest BCUT2D eigenvalue weighted by molar-refractivity contribution is -0.396. The maximum atomic E-state index is 13.9. The van der Waals surface area contributed by atoms with E-state index in [1.165, 1.54) is 76.3 Å². The maximum absolute atomic E-state index is 13.9. The molecule has 21 aliphatic rings. The molecule has 0 unspecified atom stereocenters. The van der Waals surface area contributed by atoms with Crippen LogP contribution in [-0.2, 0) is 66.3 Å². The number of carbonyl (C=O) groups excluding carboxylic acids is 1. The Morgan fingerprint density at radius 1 is 0.304 bits per heavy atom. The van der Waals surface area contributed by atoms with Crippen molar-refractivity contribution in [3.05, 3.63) is 29.8 Å². The van der Waals surface area contributed by atoms with E-state index in [2.05, 4.69) is 12.2 Å². The van der Waals surface area contributed by atoms with Crippen LogP contribution in [0.3, 0.4) is 0 Å². The number of benzene rings is 1. The minimum Gasteiger partial charge on any atom is -0.494 e. The highest BCUT2D eigenvalue weighted by Crippen LogP contribution is 2.39. The first-order valence-corrected chi connectivity index (χ1v) is 35.4. The third-order valence-electron chi connectivity index (χ3n) is 20.0. The SMILES string of the molecule is CCCCCCCCCCCCCCCCOc1ccc(C(=O)NC[C@H]2O[C@@H]3O[C@H]4[C@H](O)[C@@H](O)[C@@H](O[C@H]5[C@H](O)[C@@H](O)[C@@H](O[C@H]6[C@H](O)[C@@H](O)[C@@H](O[C@H]7[C@H](O)[C@@H](O)[C@@H](O[C@H]8[C@H](O)[C@@H](O)[C@@H](O[C@H]9[C@H](O)[C@@H](O)[C@@H](O[C@H]2[C@H](O)[C@H]3O)O[C@@H]9CO)O[C@@H]8CO)O[C@@H]7CO)O[C@@H]6CO)O[C@@H]5CO)O[C@@H]4CO)cc1. The molecule has 21 saturated heterocycles. The van der Waals surface area contributed by atoms with Crippen LogP contribution in [0.2, 0.25) is 0 Å². The molecule has 0 saturated carbocycles. The molecule has 22 rings (SSSR count). The molecule has 1 amide bonds. The van der Waals surface area contributed by atoms with E-state index >= 15 is 0 Å². The molecule has 0 aliphatic carbocycles. The quantitative estimate of drug-likeness (QED) is 0.0404. The Balaban J connectivity index is 0.928. The predicted molar refractivity (Wildman–Crippen MR) is 336 cm³/mol. The van der Waals surface area contributed by atoms with E-state index in [0.717, 1.165) is 25.7 Å². The fourth-order valence-electron chi connectivity index (χ4n) is 13.9. The van der Waals surface area contributed by atoms with Crippen LogP contribution in [0.4, 0.5) is 0 Å². The van der Waals surface area contributed by atoms with Gasteiger partial charge in [0.25, 0.3) is 5.91 Å². The topological polar surface area (TPSA) is 572 Å². The molecule has 0 radical (unpaired) electrons. The standard InChI is InChI=1S/C65H107NO36/c1-2-3-4-5-6-7-8-9-10-11-12-13-14-15-20-88-29-18-16-28(17-19-29)58(87)66-21-30-51-37(73)44(80)59(89-30)97-52-31(22-67)91-61(46(82)39(52)75)99-54-33(24-69)93-63(48(84)41(54)77)101-56-35(26-71)95-65(50(86)43(56)79)102-57-36(27-72)94-64(49(85)42(57)78)100-55-34(25-70)92-62(47(83)40(55)76)98-53-32(23-68)90-60(96-51)45(81)38(53)74/h16-19,30-57,59-65,67-86H,2-15,20-27H2,1H3,(H,66,87)/t30-,31-,32-,33-,34-,35-,36-,37-,38-,39-,40-,41-,42-,43-,44-,45-,46-,47-,48-,49-,50-,51-,52-,53-,54-,55-,56-,57-,59-,60-,61-,62-,63-,64-,65-/m1/s1. The number of unbranched alkanes of at least 4 members (excludes halogenated alkanes) is 13. The van der Waals surface area contributed by atoms with Crippen molar-refractivity contribution in [3.63, 3.8) is 0 Å². The molecule has 35 atom stereocenters. The Bertz CT molecular complexity index is 2580. The van der Waals surface area contributed by atoms with Crippen molar-refractivity contribution in [1.29, 1.82) is 0 Å². The van der Waals surface area contributed by atoms with Crippen LogP contribution in [0.5, 0.6) is 5.75 Å². The van der Waals surface area contributed by atoms with Crippen molar-refractivity contribution < 1.29 is 178 Å². The van der Waals surface area contributed by atoms with Crippen molar-refractivity contribution in [1.82, 2.24) is 5.32 Å². The Kier molecular flexibility index (Phi) is 32.2. The molecule has 102 heavy (non-hydrogen) atoms. The van der Waals surface area contributed by atoms with Crippen LogP contribution >= 0.6 is 0 Å². The monoisotopic (exact) mass is 1480 g/mol. The lowest BCUT2D eigenvalue weighted by Gasteiger charge is -2.50. The van der Waals surface area contributed by atoms with Gasteiger partial charge in [-0.2, -0.15) is 0 Å². The van der Waals surface area contributed by atoms with Crippen LogP contribution in [0, 0.1) is 0 Å². The van der Waals surface area contributed by atoms with E-state index in [-0.39, 0.29) is 5.56 Å². The van der Waals surface area contributed by atoms with E-state index in [0.29, 0.717) is 12.4 Å². The second kappa shape index (κ2) is 39.5. The van der Waals surface area contributed by atoms with Crippen LogP contribution in [0.1, 0.15) is 107 Å². The average molecular weight is 1480 g/mol. The molecule has 0 aromatic heterocycles. The van der Waals surface area contributed by atoms with Gasteiger partial charge in [0.2, 0.25) is 0 Å². The molecule has 21 N–H and O–H groups in total. The van der Waals surface area contributed by atoms with Crippen molar-refractivity contribution in [2.75, 3.05) is 52.8 Å². The van der Waals surface area contributed by atoms with Gasteiger partial charge in [-0.3, -0.25) is 4.79 Å². The highest BCUT2D eigenvalue weighted by molar-refractivity contribution is 5.94. The third kappa shape index (κ3) is 19.8. The lowest BCUT2D eigenvalue weighted by Crippen LogP contribution is -2.68. The number of hydrogen-bond acceptors (Lipinski definition) is 36. The molecule has 21 aliphatic heterocycles. The van der Waals surface area contributed by atoms with Crippen molar-refractivity contribution in [3.8, 4) is 5.75 Å². The van der Waals surface area contributed by atoms with E-state index < -0.39 is 267 Å². The van der Waals surface area contributed by atoms with E-state index in [9.17, 15) is 107 Å². The van der Waals surface area contributed by atoms with Gasteiger partial charge < -0.3 is 179 Å². The second-order valence-corrected chi connectivity index (χ2v) is 27.1. The zero-order valence-electron chi connectivity index (χ0n) is 56.5. The zero-order chi connectivity index (χ0) is 73.6. The third-order valence-corrected chi connectivity index (χ3v) is 20.0. The normalized spacial score (nSPS) is 44.6. The van der Waals surface area contributed by atoms with Gasteiger partial charge in [-0.1, -0.05) is 90.4 Å². The highest BCUT2D eigenvalue weighted by atomic mass is 16.8. The Labute approximate surface area is 587 Å². The largest absolute Gasteiger partial charge is 0.494 e. The van der Waals surface area contributed by atoms with Gasteiger partial charge >= 0.3 is 0 Å². The van der Waals surface area contributed by atoms with Gasteiger partial charge in [0.15, 0.2) is 44.0 Å². The summed E-state index contributed by atoms with van der Waals surface area (Å²) < 4.78 is 87.7. The molecule has 21 fully saturated rings. The summed E-state index contributed by atoms with van der Waals surface area (Å²) in [5, 5.41) is 228. The van der Waals surface area contributed by atoms with Crippen LogP contribution in [0.15, 0.2) is 24.3 Å². The van der Waals surface area contributed by atoms with E-state index in [1.54, 1.807) is 12.1 Å². The van der Waals surface area contributed by atoms with Gasteiger partial charge in [0.05, 0.1) is 46.2 Å². The summed E-state index contributed by atoms with van der Waals surface area (Å²) in [5.74, 6) is -0.250. The van der Waals surface area contributed by atoms with Crippen molar-refractivity contribution in [2.45, 2.75) is 312 Å². The summed E-state index contributed by atoms with van der Waals surface area (Å²) >= 11 is 0. The molecule has 14 bridgehead atoms. The number of ether oxygens (including phenoxy) is 15. The fourth-order valence-corrected chi connectivity index (χ4v) is 13.9. The molecule has 588 valence electrons. The molecular formula is C65H107NO36. The number of hydrogen-bond donors (Lipinski definition) is 21. The summed E-state index contributed by atoms with van der Waals surface area (Å²) in [6.07, 6.45) is -54.7. The summed E-state index contributed by atoms with van der Waals surface area (Å²) in [7, 11) is 0. The summed E-state index contributed by atoms with van der Waals surface area (Å²) in [4.78, 5) is 13.9. The Morgan fingerprint density at radius 3 is 0.755 bits per heavy atom. The smallest absolute Gasteiger partial charge is 0.251 e. The number of rotatable bonds is 25. The number of amides is 1. The van der Waals surface area contributed by atoms with Crippen LogP contribution in [-0.4, -0.2) is 376 Å². The molecular weight excluding hydrogens is 1370 g/mol. The number of nitrogens with one attached hydrogen (secondary N) is 1. The van der Waals surface area contributed by atoms with Crippen LogP contribution < -0.4 is 10.1 Å². The van der Waals surface area contributed by atoms with E-state index in [1.807, 2.05) is 0 Å². The molecule has 21 heterocycles. The predicted octanol–water partition coefficient (Wildman–Crippen LogP) is -7.93. The first kappa shape index (κ1) is 83.2. The molecule has 1 aromatic carbocycles. The first-order valence-electron chi connectivity index (χ1n) is 35.4. The number of aliphatic hydroxyl groups is 20. The molecule has 1 aromatic rings. The minimum atomic E-state index is -2.27. The van der Waals surface area contributed by atoms with Gasteiger partial charge in [-0.25, -0.2) is 0 Å². The summed E-state index contributed by atoms with van der Waals surface area (Å²) in [6, 6.07) is 6.11. The van der Waals surface area contributed by atoms with Crippen molar-refractivity contribution >= 4 is 5.91 Å². The molecule has 0 spiro atoms. The summed E-state index contributed by atoms with van der Waals surface area (Å²) in [6.45, 7) is -4.39. The Morgan fingerprint density at radius 2 is 0.520 bits per heavy atom. The van der Waals surface area contributed by atoms with Crippen LogP contribution in [0.25, 0.3) is 0 Å². The van der Waals surface area contributed by atoms with Gasteiger partial charge in [0.1, 0.15) is 177 Å². The van der Waals surface area contributed by atoms with Gasteiger partial charge in [-0.05, 0) is 30.7 Å². The maximum Gasteiger partial charge on any atom is 0.251 e. The van der Waals surface area contributed by atoms with E-state index in [4.69, 9.17) is 71.1 Å². The molecule has 37 nitrogen and oxygen atoms in total. The summed E-state index contributed by atoms with van der Waals surface area (Å²) in [5.41, 5.74) is 0.102. The van der Waals surface area contributed by atoms with Gasteiger partial charge in [0, 0.05) is 12.1 Å². The Hall–Kier alpha value is -2.87. The molecule has 37 heteroatoms. The lowest BCUT2D eigenvalue weighted by atomic mass is 9.95. The second-order valence-electron chi connectivity index (χ2n) is 27.1. The fraction of sp³-hybridized carbons (Fsp3) is 0.892. The minimum absolute atomic E-state index is 0.102.